The van der Waals surface area contributed by atoms with Crippen LogP contribution in [0.2, 0.25) is 0 Å². The summed E-state index contributed by atoms with van der Waals surface area (Å²) in [5, 5.41) is 51.5. The molecule has 10 nitrogen and oxygen atoms in total. The van der Waals surface area contributed by atoms with Gasteiger partial charge < -0.3 is 36.4 Å². The van der Waals surface area contributed by atoms with Gasteiger partial charge in [-0.15, -0.1) is 0 Å². The summed E-state index contributed by atoms with van der Waals surface area (Å²) < 4.78 is 0. The van der Waals surface area contributed by atoms with Crippen LogP contribution in [0.15, 0.2) is 24.3 Å². The molecule has 8 N–H and O–H groups in total. The van der Waals surface area contributed by atoms with E-state index in [2.05, 4.69) is 0 Å². The lowest BCUT2D eigenvalue weighted by atomic mass is 9.93. The summed E-state index contributed by atoms with van der Waals surface area (Å²) in [6, 6.07) is 7.10. The zero-order valence-corrected chi connectivity index (χ0v) is 12.5. The Hall–Kier alpha value is -2.69. The topological polar surface area (TPSA) is 199 Å². The monoisotopic (exact) mass is 345 g/mol. The molecule has 1 aromatic rings. The zero-order chi connectivity index (χ0) is 18.9. The van der Waals surface area contributed by atoms with E-state index in [1.165, 1.54) is 5.56 Å². The molecule has 0 aliphatic heterocycles. The average Bonchev–Trinajstić information content (AvgIpc) is 2.48. The number of benzene rings is 1. The van der Waals surface area contributed by atoms with E-state index < -0.39 is 36.0 Å². The van der Waals surface area contributed by atoms with Crippen LogP contribution in [0.25, 0.3) is 0 Å². The van der Waals surface area contributed by atoms with Crippen molar-refractivity contribution in [3.8, 4) is 5.75 Å². The van der Waals surface area contributed by atoms with E-state index in [9.17, 15) is 14.4 Å². The zero-order valence-electron chi connectivity index (χ0n) is 12.5. The number of phenolic OH excluding ortho intramolecular Hbond substituents is 1. The van der Waals surface area contributed by atoms with Crippen LogP contribution in [0.4, 0.5) is 0 Å². The molecule has 0 heterocycles. The molecule has 0 saturated carbocycles. The summed E-state index contributed by atoms with van der Waals surface area (Å²) in [5.41, 5.74) is 3.28. The molecule has 2 atom stereocenters. The van der Waals surface area contributed by atoms with E-state index in [-0.39, 0.29) is 0 Å². The number of nitrogens with two attached hydrogens (primary N) is 1. The maximum absolute atomic E-state index is 10.4. The molecule has 0 aliphatic carbocycles. The number of aliphatic hydroxyl groups excluding tert-OH is 1. The van der Waals surface area contributed by atoms with E-state index in [1.807, 2.05) is 12.1 Å². The lowest BCUT2D eigenvalue weighted by Crippen LogP contribution is -2.54. The SMILES string of the molecule is NCCc1ccc(O)cc1.O=C(O)CC(O)(C(=O)O)C(O)C(=O)O. The third-order valence-electron chi connectivity index (χ3n) is 2.85. The first-order valence-electron chi connectivity index (χ1n) is 6.61. The fourth-order valence-corrected chi connectivity index (χ4v) is 1.55. The highest BCUT2D eigenvalue weighted by atomic mass is 16.4. The minimum absolute atomic E-state index is 0.306. The molecular formula is C14H19NO9. The van der Waals surface area contributed by atoms with Gasteiger partial charge in [-0.25, -0.2) is 9.59 Å². The number of carboxylic acid groups (broad SMARTS) is 3. The number of hydrogen-bond donors (Lipinski definition) is 7. The van der Waals surface area contributed by atoms with E-state index in [4.69, 9.17) is 36.4 Å². The molecule has 0 radical (unpaired) electrons. The molecule has 1 aromatic carbocycles. The Kier molecular flexibility index (Phi) is 8.39. The standard InChI is InChI=1S/C8H11NO.C6H8O8/c9-6-5-7-1-3-8(10)4-2-7;7-2(8)1-6(14,5(12)13)3(9)4(10)11/h1-4,10H,5-6,9H2;3,9,14H,1H2,(H,7,8)(H,10,11)(H,12,13). The van der Waals surface area contributed by atoms with E-state index in [0.717, 1.165) is 6.42 Å². The van der Waals surface area contributed by atoms with Gasteiger partial charge in [-0.05, 0) is 30.7 Å². The summed E-state index contributed by atoms with van der Waals surface area (Å²) in [6.45, 7) is 0.658. The maximum atomic E-state index is 10.4. The molecular weight excluding hydrogens is 326 g/mol. The van der Waals surface area contributed by atoms with Gasteiger partial charge in [0.15, 0.2) is 6.10 Å². The van der Waals surface area contributed by atoms with E-state index in [0.29, 0.717) is 12.3 Å². The summed E-state index contributed by atoms with van der Waals surface area (Å²) in [7, 11) is 0. The highest BCUT2D eigenvalue weighted by molar-refractivity contribution is 5.90. The van der Waals surface area contributed by atoms with Crippen LogP contribution >= 0.6 is 0 Å². The Bertz CT molecular complexity index is 572. The van der Waals surface area contributed by atoms with Crippen LogP contribution in [-0.2, 0) is 20.8 Å². The molecule has 0 aliphatic rings. The number of phenols is 1. The van der Waals surface area contributed by atoms with Crippen LogP contribution in [0.1, 0.15) is 12.0 Å². The number of aliphatic hydroxyl groups is 2. The van der Waals surface area contributed by atoms with Crippen LogP contribution in [-0.4, -0.2) is 66.8 Å². The van der Waals surface area contributed by atoms with Gasteiger partial charge in [0, 0.05) is 0 Å². The van der Waals surface area contributed by atoms with Crippen molar-refractivity contribution in [2.24, 2.45) is 5.73 Å². The molecule has 10 heteroatoms. The van der Waals surface area contributed by atoms with Crippen molar-refractivity contribution in [3.05, 3.63) is 29.8 Å². The fourth-order valence-electron chi connectivity index (χ4n) is 1.55. The molecule has 0 amide bonds. The summed E-state index contributed by atoms with van der Waals surface area (Å²) >= 11 is 0. The first-order valence-corrected chi connectivity index (χ1v) is 6.61. The predicted octanol–water partition coefficient (Wildman–Crippen LogP) is -1.38. The van der Waals surface area contributed by atoms with Crippen molar-refractivity contribution in [2.75, 3.05) is 6.54 Å². The van der Waals surface area contributed by atoms with Gasteiger partial charge in [-0.3, -0.25) is 4.79 Å². The molecule has 0 spiro atoms. The Labute approximate surface area is 136 Å². The van der Waals surface area contributed by atoms with Crippen molar-refractivity contribution in [2.45, 2.75) is 24.5 Å². The fraction of sp³-hybridized carbons (Fsp3) is 0.357. The lowest BCUT2D eigenvalue weighted by Gasteiger charge is -2.23. The third kappa shape index (κ3) is 6.60. The molecule has 0 bridgehead atoms. The highest BCUT2D eigenvalue weighted by Gasteiger charge is 2.49. The number of aliphatic carboxylic acids is 3. The van der Waals surface area contributed by atoms with Crippen LogP contribution < -0.4 is 5.73 Å². The molecule has 0 aromatic heterocycles. The number of rotatable bonds is 7. The Morgan fingerprint density at radius 1 is 1.08 bits per heavy atom. The molecule has 134 valence electrons. The first kappa shape index (κ1) is 21.3. The van der Waals surface area contributed by atoms with E-state index in [1.54, 1.807) is 12.1 Å². The number of hydrogen-bond acceptors (Lipinski definition) is 7. The van der Waals surface area contributed by atoms with Gasteiger partial charge in [-0.1, -0.05) is 12.1 Å². The molecule has 0 saturated heterocycles. The van der Waals surface area contributed by atoms with Crippen molar-refractivity contribution in [1.82, 2.24) is 0 Å². The minimum atomic E-state index is -3.22. The highest BCUT2D eigenvalue weighted by Crippen LogP contribution is 2.16. The normalized spacial score (nSPS) is 13.8. The molecule has 2 unspecified atom stereocenters. The Morgan fingerprint density at radius 2 is 1.58 bits per heavy atom. The van der Waals surface area contributed by atoms with Crippen molar-refractivity contribution in [3.63, 3.8) is 0 Å². The Balaban J connectivity index is 0.000000463. The second-order valence-electron chi connectivity index (χ2n) is 4.75. The Morgan fingerprint density at radius 3 is 1.92 bits per heavy atom. The van der Waals surface area contributed by atoms with Gasteiger partial charge in [0.1, 0.15) is 5.75 Å². The average molecular weight is 345 g/mol. The lowest BCUT2D eigenvalue weighted by molar-refractivity contribution is -0.187. The van der Waals surface area contributed by atoms with Gasteiger partial charge in [0.25, 0.3) is 0 Å². The van der Waals surface area contributed by atoms with Crippen LogP contribution in [0.3, 0.4) is 0 Å². The summed E-state index contributed by atoms with van der Waals surface area (Å²) in [5.74, 6) is -5.57. The molecule has 24 heavy (non-hydrogen) atoms. The number of carbonyl (C=O) groups is 3. The molecule has 1 rings (SSSR count). The van der Waals surface area contributed by atoms with Gasteiger partial charge in [0.05, 0.1) is 6.42 Å². The van der Waals surface area contributed by atoms with Crippen molar-refractivity contribution >= 4 is 17.9 Å². The van der Waals surface area contributed by atoms with E-state index >= 15 is 0 Å². The van der Waals surface area contributed by atoms with Crippen molar-refractivity contribution in [1.29, 1.82) is 0 Å². The predicted molar refractivity (Wildman–Crippen MR) is 79.3 cm³/mol. The van der Waals surface area contributed by atoms with Crippen molar-refractivity contribution < 1.29 is 45.0 Å². The second-order valence-corrected chi connectivity index (χ2v) is 4.75. The van der Waals surface area contributed by atoms with Crippen LogP contribution in [0.5, 0.6) is 5.75 Å². The van der Waals surface area contributed by atoms with Gasteiger partial charge >= 0.3 is 17.9 Å². The third-order valence-corrected chi connectivity index (χ3v) is 2.85. The summed E-state index contributed by atoms with van der Waals surface area (Å²) in [6.07, 6.45) is -3.23. The summed E-state index contributed by atoms with van der Waals surface area (Å²) in [4.78, 5) is 30.7. The smallest absolute Gasteiger partial charge is 0.339 e. The minimum Gasteiger partial charge on any atom is -0.508 e. The maximum Gasteiger partial charge on any atom is 0.339 e. The second kappa shape index (κ2) is 9.45. The van der Waals surface area contributed by atoms with Gasteiger partial charge in [0.2, 0.25) is 5.60 Å². The molecule has 0 fully saturated rings. The quantitative estimate of drug-likeness (QED) is 0.309. The number of carboxylic acids is 3. The van der Waals surface area contributed by atoms with Crippen LogP contribution in [0, 0.1) is 0 Å². The van der Waals surface area contributed by atoms with Gasteiger partial charge in [-0.2, -0.15) is 0 Å². The largest absolute Gasteiger partial charge is 0.508 e. The first-order chi connectivity index (χ1) is 11.0. The number of aromatic hydroxyl groups is 1.